The number of benzene rings is 2. The maximum absolute atomic E-state index is 14.5. The molecule has 0 spiro atoms. The third kappa shape index (κ3) is 3.37. The van der Waals surface area contributed by atoms with Crippen molar-refractivity contribution in [3.63, 3.8) is 0 Å². The molecule has 26 heavy (non-hydrogen) atoms. The maximum Gasteiger partial charge on any atom is 0.295 e. The molecule has 0 saturated carbocycles. The van der Waals surface area contributed by atoms with Gasteiger partial charge in [-0.2, -0.15) is 12.7 Å². The zero-order valence-electron chi connectivity index (χ0n) is 14.8. The molecule has 1 aliphatic rings. The molecule has 0 N–H and O–H groups in total. The van der Waals surface area contributed by atoms with E-state index in [0.29, 0.717) is 17.1 Å². The number of nitrogens with zero attached hydrogens (tertiary/aromatic N) is 3. The van der Waals surface area contributed by atoms with Crippen molar-refractivity contribution in [2.75, 3.05) is 27.7 Å². The number of hydrogen-bond donors (Lipinski definition) is 0. The first kappa shape index (κ1) is 19.3. The molecule has 2 aromatic carbocycles. The first-order chi connectivity index (χ1) is 12.2. The number of hydrazine groups is 1. The molecule has 0 bridgehead atoms. The Bertz CT molecular complexity index is 890. The molecule has 0 aromatic heterocycles. The van der Waals surface area contributed by atoms with E-state index >= 15 is 0 Å². The Morgan fingerprint density at radius 2 is 1.73 bits per heavy atom. The Hall–Kier alpha value is -1.51. The molecule has 1 fully saturated rings. The van der Waals surface area contributed by atoms with Gasteiger partial charge in [0.1, 0.15) is 5.82 Å². The highest BCUT2D eigenvalue weighted by Crippen LogP contribution is 2.45. The largest absolute Gasteiger partial charge is 0.295 e. The smallest absolute Gasteiger partial charge is 0.229 e. The third-order valence-electron chi connectivity index (χ3n) is 4.63. The van der Waals surface area contributed by atoms with Crippen LogP contribution < -0.4 is 0 Å². The van der Waals surface area contributed by atoms with Crippen molar-refractivity contribution in [2.45, 2.75) is 12.0 Å². The Morgan fingerprint density at radius 3 is 2.31 bits per heavy atom. The Labute approximate surface area is 158 Å². The Morgan fingerprint density at radius 1 is 1.12 bits per heavy atom. The van der Waals surface area contributed by atoms with Gasteiger partial charge in [-0.25, -0.2) is 9.40 Å². The minimum atomic E-state index is -3.75. The van der Waals surface area contributed by atoms with Crippen LogP contribution in [0.4, 0.5) is 4.39 Å². The topological polar surface area (TPSA) is 43.9 Å². The molecule has 0 radical (unpaired) electrons. The molecular weight excluding hydrogens is 377 g/mol. The van der Waals surface area contributed by atoms with Crippen molar-refractivity contribution in [3.05, 3.63) is 70.5 Å². The summed E-state index contributed by atoms with van der Waals surface area (Å²) in [5, 5.41) is 2.19. The fourth-order valence-electron chi connectivity index (χ4n) is 3.38. The van der Waals surface area contributed by atoms with Crippen LogP contribution in [0.25, 0.3) is 0 Å². The van der Waals surface area contributed by atoms with Crippen LogP contribution in [-0.4, -0.2) is 49.8 Å². The first-order valence-corrected chi connectivity index (χ1v) is 9.94. The number of likely N-dealkylation sites (N-methyl/N-ethyl adjacent to an activating group) is 1. The molecule has 1 heterocycles. The van der Waals surface area contributed by atoms with Gasteiger partial charge in [0, 0.05) is 38.6 Å². The first-order valence-electron chi connectivity index (χ1n) is 8.16. The quantitative estimate of drug-likeness (QED) is 0.795. The zero-order valence-corrected chi connectivity index (χ0v) is 16.4. The van der Waals surface area contributed by atoms with Crippen LogP contribution in [0.1, 0.15) is 23.1 Å². The summed E-state index contributed by atoms with van der Waals surface area (Å²) in [5.74, 6) is -0.689. The van der Waals surface area contributed by atoms with Crippen molar-refractivity contribution in [3.8, 4) is 0 Å². The summed E-state index contributed by atoms with van der Waals surface area (Å²) in [6, 6.07) is 12.9. The second-order valence-corrected chi connectivity index (χ2v) is 8.96. The van der Waals surface area contributed by atoms with Crippen LogP contribution in [0.15, 0.2) is 48.5 Å². The van der Waals surface area contributed by atoms with Gasteiger partial charge in [-0.15, -0.1) is 4.41 Å². The molecular formula is C18H21ClFN3O2S. The van der Waals surface area contributed by atoms with Crippen LogP contribution in [0.5, 0.6) is 0 Å². The molecule has 1 aliphatic heterocycles. The van der Waals surface area contributed by atoms with E-state index in [-0.39, 0.29) is 11.7 Å². The maximum atomic E-state index is 14.5. The second kappa shape index (κ2) is 7.25. The summed E-state index contributed by atoms with van der Waals surface area (Å²) in [5.41, 5.74) is 1.26. The zero-order chi connectivity index (χ0) is 19.1. The highest BCUT2D eigenvalue weighted by molar-refractivity contribution is 7.86. The molecule has 8 heteroatoms. The van der Waals surface area contributed by atoms with Gasteiger partial charge in [-0.05, 0) is 29.3 Å². The summed E-state index contributed by atoms with van der Waals surface area (Å²) >= 11 is 5.99. The van der Waals surface area contributed by atoms with Gasteiger partial charge in [0.25, 0.3) is 10.2 Å². The fourth-order valence-corrected chi connectivity index (χ4v) is 4.82. The Balaban J connectivity index is 2.16. The van der Waals surface area contributed by atoms with Crippen LogP contribution in [0.2, 0.25) is 5.02 Å². The number of rotatable bonds is 4. The van der Waals surface area contributed by atoms with E-state index < -0.39 is 16.3 Å². The van der Waals surface area contributed by atoms with Crippen LogP contribution in [0, 0.1) is 5.82 Å². The lowest BCUT2D eigenvalue weighted by Gasteiger charge is -2.32. The standard InChI is InChI=1S/C18H21ClFN3O2S/c1-21(2)26(24,25)23-18(13-8-10-14(19)11-9-13)16(12-22(23)3)15-6-4-5-7-17(15)20/h4-11,16,18H,12H2,1-3H3. The lowest BCUT2D eigenvalue weighted by atomic mass is 9.88. The highest BCUT2D eigenvalue weighted by atomic mass is 35.5. The minimum Gasteiger partial charge on any atom is -0.229 e. The predicted molar refractivity (Wildman–Crippen MR) is 100 cm³/mol. The van der Waals surface area contributed by atoms with Crippen LogP contribution >= 0.6 is 11.6 Å². The number of halogens is 2. The third-order valence-corrected chi connectivity index (χ3v) is 6.78. The van der Waals surface area contributed by atoms with Crippen molar-refractivity contribution >= 4 is 21.8 Å². The monoisotopic (exact) mass is 397 g/mol. The summed E-state index contributed by atoms with van der Waals surface area (Å²) in [7, 11) is 0.919. The average Bonchev–Trinajstić information content (AvgIpc) is 2.93. The fraction of sp³-hybridized carbons (Fsp3) is 0.333. The molecule has 0 amide bonds. The minimum absolute atomic E-state index is 0.339. The molecule has 5 nitrogen and oxygen atoms in total. The van der Waals surface area contributed by atoms with Crippen molar-refractivity contribution in [1.29, 1.82) is 0 Å². The highest BCUT2D eigenvalue weighted by Gasteiger charge is 2.47. The normalized spacial score (nSPS) is 22.2. The van der Waals surface area contributed by atoms with Gasteiger partial charge in [-0.3, -0.25) is 0 Å². The molecule has 2 aromatic rings. The van der Waals surface area contributed by atoms with Crippen molar-refractivity contribution in [1.82, 2.24) is 13.7 Å². The van der Waals surface area contributed by atoms with E-state index in [0.717, 1.165) is 9.87 Å². The van der Waals surface area contributed by atoms with Gasteiger partial charge >= 0.3 is 0 Å². The second-order valence-electron chi connectivity index (χ2n) is 6.53. The summed E-state index contributed by atoms with van der Waals surface area (Å²) in [6.07, 6.45) is 0. The van der Waals surface area contributed by atoms with E-state index in [1.807, 2.05) is 0 Å². The molecule has 3 rings (SSSR count). The summed E-state index contributed by atoms with van der Waals surface area (Å²) in [6.45, 7) is 0.376. The summed E-state index contributed by atoms with van der Waals surface area (Å²) < 4.78 is 42.9. The van der Waals surface area contributed by atoms with Crippen molar-refractivity contribution < 1.29 is 12.8 Å². The average molecular weight is 398 g/mol. The van der Waals surface area contributed by atoms with Crippen molar-refractivity contribution in [2.24, 2.45) is 0 Å². The lowest BCUT2D eigenvalue weighted by Crippen LogP contribution is -2.46. The van der Waals surface area contributed by atoms with E-state index in [4.69, 9.17) is 11.6 Å². The van der Waals surface area contributed by atoms with Crippen LogP contribution in [-0.2, 0) is 10.2 Å². The van der Waals surface area contributed by atoms with Gasteiger partial charge in [0.05, 0.1) is 6.04 Å². The van der Waals surface area contributed by atoms with Gasteiger partial charge < -0.3 is 0 Å². The van der Waals surface area contributed by atoms with Gasteiger partial charge in [-0.1, -0.05) is 41.9 Å². The molecule has 0 aliphatic carbocycles. The van der Waals surface area contributed by atoms with E-state index in [2.05, 4.69) is 0 Å². The SMILES string of the molecule is CN1CC(c2ccccc2F)C(c2ccc(Cl)cc2)N1S(=O)(=O)N(C)C. The van der Waals surface area contributed by atoms with E-state index in [1.165, 1.54) is 24.6 Å². The Kier molecular flexibility index (Phi) is 5.37. The molecule has 2 unspecified atom stereocenters. The molecule has 2 atom stereocenters. The molecule has 140 valence electrons. The lowest BCUT2D eigenvalue weighted by molar-refractivity contribution is 0.116. The van der Waals surface area contributed by atoms with Crippen LogP contribution in [0.3, 0.4) is 0 Å². The van der Waals surface area contributed by atoms with Gasteiger partial charge in [0.15, 0.2) is 0 Å². The van der Waals surface area contributed by atoms with Gasteiger partial charge in [0.2, 0.25) is 0 Å². The molecule has 1 saturated heterocycles. The predicted octanol–water partition coefficient (Wildman–Crippen LogP) is 3.27. The van der Waals surface area contributed by atoms with E-state index in [9.17, 15) is 12.8 Å². The number of hydrogen-bond acceptors (Lipinski definition) is 3. The van der Waals surface area contributed by atoms with E-state index in [1.54, 1.807) is 54.5 Å². The summed E-state index contributed by atoms with van der Waals surface area (Å²) in [4.78, 5) is 0.